The summed E-state index contributed by atoms with van der Waals surface area (Å²) in [6.07, 6.45) is 59.9. The number of carboxylic acid groups (broad SMARTS) is 2. The van der Waals surface area contributed by atoms with Crippen LogP contribution in [-0.2, 0) is 5.41 Å². The first kappa shape index (κ1) is 58.2. The van der Waals surface area contributed by atoms with Crippen molar-refractivity contribution in [2.75, 3.05) is 0 Å². The van der Waals surface area contributed by atoms with E-state index in [0.29, 0.717) is 0 Å². The van der Waals surface area contributed by atoms with E-state index in [-0.39, 0.29) is 16.5 Å². The number of aromatic carboxylic acids is 2. The maximum Gasteiger partial charge on any atom is 0.336 e. The molecule has 1 rings (SSSR count). The fraction of sp³-hybridized carbons (Fsp3) is 0.862. The summed E-state index contributed by atoms with van der Waals surface area (Å²) in [7, 11) is 0. The molecule has 0 aliphatic carbocycles. The van der Waals surface area contributed by atoms with Gasteiger partial charge in [0.05, 0.1) is 11.1 Å². The lowest BCUT2D eigenvalue weighted by Gasteiger charge is -2.37. The zero-order valence-corrected chi connectivity index (χ0v) is 42.0. The number of hydrogen-bond donors (Lipinski definition) is 2. The summed E-state index contributed by atoms with van der Waals surface area (Å²) in [5, 5.41) is 20.8. The van der Waals surface area contributed by atoms with E-state index in [0.717, 1.165) is 44.1 Å². The molecular formula is C58H106O4. The van der Waals surface area contributed by atoms with Crippen LogP contribution in [-0.4, -0.2) is 22.2 Å². The number of unbranched alkanes of at least 4 members (excludes halogenated alkanes) is 40. The molecule has 0 unspecified atom stereocenters. The van der Waals surface area contributed by atoms with E-state index in [2.05, 4.69) is 20.8 Å². The van der Waals surface area contributed by atoms with Gasteiger partial charge in [0.2, 0.25) is 0 Å². The van der Waals surface area contributed by atoms with E-state index in [1.807, 2.05) is 12.1 Å². The number of carboxylic acids is 2. The average Bonchev–Trinajstić information content (AvgIpc) is 3.27. The van der Waals surface area contributed by atoms with E-state index in [1.165, 1.54) is 263 Å². The first-order chi connectivity index (χ1) is 30.4. The highest BCUT2D eigenvalue weighted by Crippen LogP contribution is 2.43. The van der Waals surface area contributed by atoms with Crippen molar-refractivity contribution in [2.24, 2.45) is 0 Å². The lowest BCUT2D eigenvalue weighted by Crippen LogP contribution is -2.30. The highest BCUT2D eigenvalue weighted by Gasteiger charge is 2.36. The van der Waals surface area contributed by atoms with Gasteiger partial charge in [-0.2, -0.15) is 0 Å². The van der Waals surface area contributed by atoms with Gasteiger partial charge >= 0.3 is 11.9 Å². The molecule has 4 nitrogen and oxygen atoms in total. The lowest BCUT2D eigenvalue weighted by atomic mass is 9.67. The molecule has 0 radical (unpaired) electrons. The number of benzene rings is 1. The average molecular weight is 867 g/mol. The van der Waals surface area contributed by atoms with Gasteiger partial charge in [-0.05, 0) is 36.3 Å². The van der Waals surface area contributed by atoms with Gasteiger partial charge in [0, 0.05) is 0 Å². The summed E-state index contributed by atoms with van der Waals surface area (Å²) in [6, 6.07) is 5.32. The second-order valence-corrected chi connectivity index (χ2v) is 20.0. The molecule has 0 saturated carbocycles. The standard InChI is InChI=1S/C58H106O4/c1-4-7-10-13-16-19-22-25-28-31-34-37-40-43-46-52-58(54-49-47-48-53(56(59)60)55(54)57(61)62,50-44-41-38-35-32-29-26-23-20-17-14-11-8-5-2)51-45-42-39-36-33-30-27-24-21-18-15-12-9-6-3/h47-49H,4-46,50-52H2,1-3H3,(H,59,60)(H,61,62). The fourth-order valence-electron chi connectivity index (χ4n) is 10.3. The van der Waals surface area contributed by atoms with Crippen LogP contribution in [0.5, 0.6) is 0 Å². The predicted molar refractivity (Wildman–Crippen MR) is 271 cm³/mol. The molecule has 62 heavy (non-hydrogen) atoms. The molecule has 0 heterocycles. The Labute approximate surface area is 386 Å². The Morgan fingerprint density at radius 3 is 0.774 bits per heavy atom. The Morgan fingerprint density at radius 1 is 0.339 bits per heavy atom. The zero-order chi connectivity index (χ0) is 45.0. The Bertz CT molecular complexity index is 1110. The first-order valence-electron chi connectivity index (χ1n) is 28.0. The van der Waals surface area contributed by atoms with Gasteiger partial charge in [-0.15, -0.1) is 0 Å². The topological polar surface area (TPSA) is 74.6 Å². The van der Waals surface area contributed by atoms with Gasteiger partial charge < -0.3 is 10.2 Å². The van der Waals surface area contributed by atoms with Crippen LogP contribution in [0.25, 0.3) is 0 Å². The van der Waals surface area contributed by atoms with Crippen molar-refractivity contribution in [3.05, 3.63) is 34.9 Å². The largest absolute Gasteiger partial charge is 0.478 e. The van der Waals surface area contributed by atoms with Gasteiger partial charge in [0.15, 0.2) is 0 Å². The molecule has 4 heteroatoms. The van der Waals surface area contributed by atoms with Crippen molar-refractivity contribution in [1.82, 2.24) is 0 Å². The minimum Gasteiger partial charge on any atom is -0.478 e. The van der Waals surface area contributed by atoms with Gasteiger partial charge in [0.1, 0.15) is 0 Å². The second kappa shape index (κ2) is 43.1. The molecule has 1 aromatic rings. The van der Waals surface area contributed by atoms with Crippen molar-refractivity contribution < 1.29 is 19.8 Å². The van der Waals surface area contributed by atoms with E-state index in [9.17, 15) is 19.8 Å². The molecule has 0 fully saturated rings. The summed E-state index contributed by atoms with van der Waals surface area (Å²) in [5.74, 6) is -2.21. The van der Waals surface area contributed by atoms with Crippen LogP contribution >= 0.6 is 0 Å². The fourth-order valence-corrected chi connectivity index (χ4v) is 10.3. The summed E-state index contributed by atoms with van der Waals surface area (Å²) >= 11 is 0. The molecule has 0 atom stereocenters. The van der Waals surface area contributed by atoms with E-state index in [1.54, 1.807) is 0 Å². The molecule has 0 aliphatic rings. The summed E-state index contributed by atoms with van der Waals surface area (Å²) in [5.41, 5.74) is 0.526. The number of hydrogen-bond acceptors (Lipinski definition) is 2. The quantitative estimate of drug-likeness (QED) is 0.0640. The van der Waals surface area contributed by atoms with Crippen LogP contribution < -0.4 is 0 Å². The van der Waals surface area contributed by atoms with E-state index >= 15 is 0 Å². The summed E-state index contributed by atoms with van der Waals surface area (Å²) < 4.78 is 0. The van der Waals surface area contributed by atoms with Crippen LogP contribution in [0.1, 0.15) is 342 Å². The molecule has 0 aliphatic heterocycles. The van der Waals surface area contributed by atoms with E-state index in [4.69, 9.17) is 0 Å². The molecule has 2 N–H and O–H groups in total. The Kier molecular flexibility index (Phi) is 40.4. The van der Waals surface area contributed by atoms with E-state index < -0.39 is 11.9 Å². The maximum absolute atomic E-state index is 12.9. The van der Waals surface area contributed by atoms with Gasteiger partial charge in [0.25, 0.3) is 0 Å². The minimum absolute atomic E-state index is 0.0437. The van der Waals surface area contributed by atoms with Crippen molar-refractivity contribution in [2.45, 2.75) is 322 Å². The molecular weight excluding hydrogens is 761 g/mol. The Morgan fingerprint density at radius 2 is 0.565 bits per heavy atom. The van der Waals surface area contributed by atoms with Gasteiger partial charge in [-0.3, -0.25) is 0 Å². The van der Waals surface area contributed by atoms with Crippen LogP contribution in [0.2, 0.25) is 0 Å². The van der Waals surface area contributed by atoms with Gasteiger partial charge in [-0.1, -0.05) is 309 Å². The highest BCUT2D eigenvalue weighted by molar-refractivity contribution is 6.03. The second-order valence-electron chi connectivity index (χ2n) is 20.0. The Hall–Kier alpha value is -1.84. The van der Waals surface area contributed by atoms with Crippen LogP contribution in [0.3, 0.4) is 0 Å². The van der Waals surface area contributed by atoms with Crippen molar-refractivity contribution >= 4 is 11.9 Å². The van der Waals surface area contributed by atoms with Crippen LogP contribution in [0.15, 0.2) is 18.2 Å². The monoisotopic (exact) mass is 867 g/mol. The minimum atomic E-state index is -1.13. The molecule has 0 aromatic heterocycles. The number of rotatable bonds is 49. The van der Waals surface area contributed by atoms with Crippen molar-refractivity contribution in [3.8, 4) is 0 Å². The van der Waals surface area contributed by atoms with Crippen molar-refractivity contribution in [3.63, 3.8) is 0 Å². The predicted octanol–water partition coefficient (Wildman–Crippen LogP) is 20.3. The number of carbonyl (C=O) groups is 2. The zero-order valence-electron chi connectivity index (χ0n) is 42.0. The third-order valence-electron chi connectivity index (χ3n) is 14.4. The molecule has 0 saturated heterocycles. The lowest BCUT2D eigenvalue weighted by molar-refractivity contribution is 0.0648. The SMILES string of the molecule is CCCCCCCCCCCCCCCCCC(CCCCCCCCCCCCCCCC)(CCCCCCCCCCCCCCCC)c1cccc(C(=O)O)c1C(=O)O. The maximum atomic E-state index is 12.9. The first-order valence-corrected chi connectivity index (χ1v) is 28.0. The smallest absolute Gasteiger partial charge is 0.336 e. The summed E-state index contributed by atoms with van der Waals surface area (Å²) in [6.45, 7) is 6.86. The third-order valence-corrected chi connectivity index (χ3v) is 14.4. The molecule has 0 amide bonds. The molecule has 1 aromatic carbocycles. The normalized spacial score (nSPS) is 11.8. The van der Waals surface area contributed by atoms with Gasteiger partial charge in [-0.25, -0.2) is 9.59 Å². The van der Waals surface area contributed by atoms with Crippen LogP contribution in [0.4, 0.5) is 0 Å². The Balaban J connectivity index is 2.82. The molecule has 0 spiro atoms. The highest BCUT2D eigenvalue weighted by atomic mass is 16.4. The summed E-state index contributed by atoms with van der Waals surface area (Å²) in [4.78, 5) is 25.4. The molecule has 0 bridgehead atoms. The van der Waals surface area contributed by atoms with Crippen molar-refractivity contribution in [1.29, 1.82) is 0 Å². The van der Waals surface area contributed by atoms with Crippen LogP contribution in [0, 0.1) is 0 Å². The molecule has 362 valence electrons. The third kappa shape index (κ3) is 31.1.